The van der Waals surface area contributed by atoms with E-state index in [1.54, 1.807) is 13.8 Å². The number of unbranched alkanes of at least 4 members (excludes halogenated alkanes) is 9. The van der Waals surface area contributed by atoms with E-state index in [1.165, 1.54) is 6.92 Å². The van der Waals surface area contributed by atoms with E-state index in [1.807, 2.05) is 13.8 Å². The Labute approximate surface area is 546 Å². The van der Waals surface area contributed by atoms with Gasteiger partial charge in [0, 0.05) is 58.4 Å². The number of phosphoric acid groups is 3. The van der Waals surface area contributed by atoms with Crippen molar-refractivity contribution < 1.29 is 154 Å². The molecule has 0 radical (unpaired) electrons. The molecule has 0 aromatic rings. The minimum Gasteiger partial charge on any atom is -0.394 e. The van der Waals surface area contributed by atoms with Gasteiger partial charge < -0.3 is 113 Å². The van der Waals surface area contributed by atoms with E-state index < -0.39 is 146 Å². The fraction of sp³-hybridized carbons (Fsp3) is 0.982. The minimum atomic E-state index is -4.43. The van der Waals surface area contributed by atoms with Gasteiger partial charge in [-0.05, 0) is 71.6 Å². The van der Waals surface area contributed by atoms with Crippen molar-refractivity contribution >= 4 is 29.4 Å². The Morgan fingerprint density at radius 2 is 0.710 bits per heavy atom. The van der Waals surface area contributed by atoms with Crippen LogP contribution in [0.15, 0.2) is 0 Å². The molecule has 9 unspecified atom stereocenters. The molecule has 3 saturated heterocycles. The summed E-state index contributed by atoms with van der Waals surface area (Å²) in [6.45, 7) is 7.07. The number of amides is 1. The third-order valence-corrected chi connectivity index (χ3v) is 18.4. The van der Waals surface area contributed by atoms with Crippen molar-refractivity contribution in [1.29, 1.82) is 0 Å². The quantitative estimate of drug-likeness (QED) is 0.0305. The van der Waals surface area contributed by atoms with Crippen LogP contribution >= 0.6 is 23.5 Å². The maximum absolute atomic E-state index is 12.7. The van der Waals surface area contributed by atoms with Crippen LogP contribution in [0.25, 0.3) is 0 Å². The first kappa shape index (κ1) is 86.3. The number of carbonyl (C=O) groups is 1. The van der Waals surface area contributed by atoms with Crippen LogP contribution in [0.3, 0.4) is 0 Å². The molecule has 0 aromatic heterocycles. The van der Waals surface area contributed by atoms with Gasteiger partial charge in [0.25, 0.3) is 0 Å². The number of aliphatic hydroxyl groups excluding tert-OH is 9. The smallest absolute Gasteiger partial charge is 0.394 e. The molecule has 3 aliphatic heterocycles. The van der Waals surface area contributed by atoms with Crippen LogP contribution in [0, 0.1) is 17.3 Å². The molecule has 0 saturated carbocycles. The molecule has 1 amide bonds. The monoisotopic (exact) mass is 1420 g/mol. The zero-order valence-corrected chi connectivity index (χ0v) is 57.3. The highest BCUT2D eigenvalue weighted by molar-refractivity contribution is 7.47. The maximum Gasteiger partial charge on any atom is 0.472 e. The number of ether oxygens (including phenoxy) is 10. The molecule has 552 valence electrons. The highest BCUT2D eigenvalue weighted by Gasteiger charge is 2.46. The summed E-state index contributed by atoms with van der Waals surface area (Å²) in [6.07, 6.45) is -5.96. The predicted molar refractivity (Wildman–Crippen MR) is 327 cm³/mol. The van der Waals surface area contributed by atoms with Crippen molar-refractivity contribution in [2.75, 3.05) is 126 Å². The number of hydrogen-bond acceptors (Lipinski definition) is 29. The van der Waals surface area contributed by atoms with Crippen LogP contribution in [0.1, 0.15) is 131 Å². The summed E-state index contributed by atoms with van der Waals surface area (Å²) >= 11 is 0. The Morgan fingerprint density at radius 1 is 0.419 bits per heavy atom. The lowest BCUT2D eigenvalue weighted by Crippen LogP contribution is -2.64. The van der Waals surface area contributed by atoms with Crippen LogP contribution in [-0.2, 0) is 93.0 Å². The Morgan fingerprint density at radius 3 is 1.02 bits per heavy atom. The fourth-order valence-corrected chi connectivity index (χ4v) is 12.2. The summed E-state index contributed by atoms with van der Waals surface area (Å²) < 4.78 is 127. The van der Waals surface area contributed by atoms with Gasteiger partial charge in [-0.25, -0.2) is 13.7 Å². The lowest BCUT2D eigenvalue weighted by Gasteiger charge is -2.42. The zero-order valence-electron chi connectivity index (χ0n) is 54.7. The normalized spacial score (nSPS) is 29.6. The van der Waals surface area contributed by atoms with Crippen molar-refractivity contribution in [2.45, 2.75) is 217 Å². The van der Waals surface area contributed by atoms with Gasteiger partial charge in [-0.2, -0.15) is 0 Å². The third kappa shape index (κ3) is 34.8. The second-order valence-electron chi connectivity index (χ2n) is 23.9. The number of hydrogen-bond donors (Lipinski definition) is 13. The summed E-state index contributed by atoms with van der Waals surface area (Å²) in [4.78, 5) is 42.6. The molecule has 0 spiro atoms. The van der Waals surface area contributed by atoms with E-state index in [0.717, 1.165) is 0 Å². The molecule has 3 heterocycles. The molecule has 0 aromatic carbocycles. The number of nitrogens with one attached hydrogen (secondary N) is 1. The Balaban J connectivity index is 1.41. The zero-order chi connectivity index (χ0) is 68.9. The third-order valence-electron chi connectivity index (χ3n) is 15.4. The fourth-order valence-electron chi connectivity index (χ4n) is 9.84. The summed E-state index contributed by atoms with van der Waals surface area (Å²) in [7, 11) is -13.2. The van der Waals surface area contributed by atoms with Gasteiger partial charge in [-0.1, -0.05) is 52.4 Å². The standard InChI is InChI=1S/C57H112NO32P3/c1-40(2)81-39-57(36-75-21-18-30-85-91(69,70)82-27-15-9-6-12-24-78-54-41(3)48(63)50(65)44(33-59)88-54,37-76-22-19-31-86-92(71,72)83-28-16-10-7-13-25-79-55-42(4)49(64)51(66)45(34-60)89-55)38-77-23-20-32-87-93(73,74)84-29-17-11-8-14-26-80-56-47(58-43(5)62)53(68)52(67)46(35-61)90-56/h40-42,44-56,59-61,63-68H,6-39H2,1-5H3,(H,58,62)(H,69,70)(H,71,72)(H,73,74)/t41?,42?,44?,45?,46?,47?,48-,49-,50+,51+,52+,53-,54-,55-,56-,57?/m1/s1. The summed E-state index contributed by atoms with van der Waals surface area (Å²) in [6, 6.07) is -1.06. The van der Waals surface area contributed by atoms with Gasteiger partial charge in [0.05, 0.1) is 110 Å². The van der Waals surface area contributed by atoms with Crippen LogP contribution in [0.5, 0.6) is 0 Å². The average molecular weight is 1420 g/mol. The highest BCUT2D eigenvalue weighted by Crippen LogP contribution is 2.45. The van der Waals surface area contributed by atoms with E-state index >= 15 is 0 Å². The molecular formula is C57H112NO32P3. The Hall–Kier alpha value is -0.960. The van der Waals surface area contributed by atoms with Gasteiger partial charge in [0.15, 0.2) is 18.9 Å². The molecular weight excluding hydrogens is 1300 g/mol. The maximum atomic E-state index is 12.7. The predicted octanol–water partition coefficient (Wildman–Crippen LogP) is 1.84. The molecule has 93 heavy (non-hydrogen) atoms. The van der Waals surface area contributed by atoms with Gasteiger partial charge in [0.1, 0.15) is 48.8 Å². The lowest BCUT2D eigenvalue weighted by molar-refractivity contribution is -0.282. The molecule has 18 atom stereocenters. The molecule has 3 fully saturated rings. The first-order chi connectivity index (χ1) is 44.2. The molecule has 13 N–H and O–H groups in total. The first-order valence-electron chi connectivity index (χ1n) is 32.4. The SMILES string of the molecule is CC(=O)NC1[C@H](OCCCCCCOP(=O)(O)OCCCOCC(COCCCOP(=O)(O)OCCCCCCO[C@@H]2OC(CO)[C@H](O)[C@H](O)C2C)(COCCCOP(=O)(O)OCCCCCCO[C@@H]2OC(CO)[C@H](O)[C@H](O)C2C)COC(C)C)OC(CO)[C@H](O)[C@@H]1O. The second-order valence-corrected chi connectivity index (χ2v) is 28.3. The van der Waals surface area contributed by atoms with E-state index in [-0.39, 0.29) is 118 Å². The van der Waals surface area contributed by atoms with Crippen molar-refractivity contribution in [3.63, 3.8) is 0 Å². The number of aliphatic hydroxyl groups is 9. The van der Waals surface area contributed by atoms with Crippen molar-refractivity contribution in [2.24, 2.45) is 17.3 Å². The molecule has 3 rings (SSSR count). The first-order valence-corrected chi connectivity index (χ1v) is 36.9. The second kappa shape index (κ2) is 47.2. The van der Waals surface area contributed by atoms with Crippen molar-refractivity contribution in [3.8, 4) is 0 Å². The van der Waals surface area contributed by atoms with Crippen LogP contribution < -0.4 is 5.32 Å². The number of carbonyl (C=O) groups excluding carboxylic acids is 1. The van der Waals surface area contributed by atoms with E-state index in [2.05, 4.69) is 5.32 Å². The van der Waals surface area contributed by atoms with E-state index in [9.17, 15) is 79.1 Å². The highest BCUT2D eigenvalue weighted by atomic mass is 31.2. The van der Waals surface area contributed by atoms with Crippen LogP contribution in [0.2, 0.25) is 0 Å². The Kier molecular flexibility index (Phi) is 43.8. The van der Waals surface area contributed by atoms with Gasteiger partial charge >= 0.3 is 23.5 Å². The summed E-state index contributed by atoms with van der Waals surface area (Å²) in [5.41, 5.74) is -0.959. The molecule has 33 nitrogen and oxygen atoms in total. The summed E-state index contributed by atoms with van der Waals surface area (Å²) in [5, 5.41) is 92.1. The van der Waals surface area contributed by atoms with E-state index in [0.29, 0.717) is 90.3 Å². The van der Waals surface area contributed by atoms with Crippen LogP contribution in [0.4, 0.5) is 0 Å². The van der Waals surface area contributed by atoms with Gasteiger partial charge in [-0.15, -0.1) is 0 Å². The minimum absolute atomic E-state index is 0.00490. The molecule has 36 heteroatoms. The van der Waals surface area contributed by atoms with E-state index in [4.69, 9.17) is 74.5 Å². The lowest BCUT2D eigenvalue weighted by atomic mass is 9.92. The van der Waals surface area contributed by atoms with Crippen molar-refractivity contribution in [1.82, 2.24) is 5.32 Å². The largest absolute Gasteiger partial charge is 0.472 e. The molecule has 0 bridgehead atoms. The van der Waals surface area contributed by atoms with Crippen LogP contribution in [-0.4, -0.2) is 278 Å². The molecule has 3 aliphatic rings. The summed E-state index contributed by atoms with van der Waals surface area (Å²) in [5.74, 6) is -1.49. The van der Waals surface area contributed by atoms with Crippen molar-refractivity contribution in [3.05, 3.63) is 0 Å². The Bertz CT molecular complexity index is 2010. The van der Waals surface area contributed by atoms with Gasteiger partial charge in [0.2, 0.25) is 5.91 Å². The molecule has 0 aliphatic carbocycles. The van der Waals surface area contributed by atoms with Gasteiger partial charge in [-0.3, -0.25) is 31.9 Å². The number of phosphoric ester groups is 3. The number of rotatable bonds is 55. The topological polar surface area (TPSA) is 471 Å². The average Bonchev–Trinajstić information content (AvgIpc) is 0.888.